The highest BCUT2D eigenvalue weighted by Gasteiger charge is 2.46. The third kappa shape index (κ3) is 4.02. The number of amides is 2. The van der Waals surface area contributed by atoms with E-state index in [1.165, 1.54) is 41.3 Å². The number of rotatable bonds is 6. The van der Waals surface area contributed by atoms with Crippen LogP contribution in [0.3, 0.4) is 0 Å². The summed E-state index contributed by atoms with van der Waals surface area (Å²) in [5, 5.41) is 0. The van der Waals surface area contributed by atoms with Crippen LogP contribution in [-0.4, -0.2) is 18.4 Å². The molecule has 0 aliphatic heterocycles. The van der Waals surface area contributed by atoms with Gasteiger partial charge in [0.15, 0.2) is 0 Å². The van der Waals surface area contributed by atoms with Crippen molar-refractivity contribution in [3.8, 4) is 0 Å². The number of carbonyl (C=O) groups is 2. The zero-order valence-corrected chi connectivity index (χ0v) is 13.5. The number of nitrogens with two attached hydrogens (primary N) is 1. The highest BCUT2D eigenvalue weighted by Crippen LogP contribution is 2.48. The lowest BCUT2D eigenvalue weighted by atomic mass is 10.1. The highest BCUT2D eigenvalue weighted by molar-refractivity contribution is 5.98. The third-order valence-electron chi connectivity index (χ3n) is 4.39. The lowest BCUT2D eigenvalue weighted by molar-refractivity contribution is -0.120. The molecule has 1 fully saturated rings. The molecule has 2 aromatic rings. The molecule has 0 spiro atoms. The second-order valence-corrected chi connectivity index (χ2v) is 6.18. The van der Waals surface area contributed by atoms with Gasteiger partial charge in [0.2, 0.25) is 11.8 Å². The second kappa shape index (κ2) is 7.01. The van der Waals surface area contributed by atoms with Crippen molar-refractivity contribution in [1.29, 1.82) is 0 Å². The van der Waals surface area contributed by atoms with Crippen molar-refractivity contribution in [2.24, 2.45) is 11.7 Å². The molecule has 0 bridgehead atoms. The molecule has 1 saturated carbocycles. The Kier molecular flexibility index (Phi) is 4.79. The maximum Gasteiger partial charge on any atom is 0.230 e. The highest BCUT2D eigenvalue weighted by atomic mass is 19.1. The minimum Gasteiger partial charge on any atom is -0.370 e. The molecule has 0 radical (unpaired) electrons. The average molecular weight is 344 g/mol. The summed E-state index contributed by atoms with van der Waals surface area (Å²) in [6.07, 6.45) is 0.690. The number of hydrogen-bond acceptors (Lipinski definition) is 2. The minimum absolute atomic E-state index is 0.0249. The number of hydrogen-bond donors (Lipinski definition) is 1. The first-order valence-corrected chi connectivity index (χ1v) is 8.06. The smallest absolute Gasteiger partial charge is 0.230 e. The van der Waals surface area contributed by atoms with Crippen molar-refractivity contribution in [3.05, 3.63) is 65.7 Å². The van der Waals surface area contributed by atoms with Crippen molar-refractivity contribution in [2.75, 3.05) is 11.4 Å². The normalized spacial score (nSPS) is 18.6. The van der Waals surface area contributed by atoms with Gasteiger partial charge in [-0.15, -0.1) is 0 Å². The molecule has 0 unspecified atom stereocenters. The van der Waals surface area contributed by atoms with Crippen molar-refractivity contribution in [1.82, 2.24) is 0 Å². The molecule has 1 aliphatic carbocycles. The number of primary amides is 1. The Bertz CT molecular complexity index is 775. The molecule has 2 atom stereocenters. The van der Waals surface area contributed by atoms with Crippen LogP contribution in [0.4, 0.5) is 14.5 Å². The van der Waals surface area contributed by atoms with E-state index in [0.717, 1.165) is 5.56 Å². The summed E-state index contributed by atoms with van der Waals surface area (Å²) in [6, 6.07) is 11.7. The van der Waals surface area contributed by atoms with Crippen LogP contribution in [0.15, 0.2) is 48.5 Å². The van der Waals surface area contributed by atoms with E-state index in [-0.39, 0.29) is 36.5 Å². The molecular weight excluding hydrogens is 326 g/mol. The predicted molar refractivity (Wildman–Crippen MR) is 89.8 cm³/mol. The van der Waals surface area contributed by atoms with Crippen LogP contribution in [0, 0.1) is 17.6 Å². The fourth-order valence-electron chi connectivity index (χ4n) is 2.96. The van der Waals surface area contributed by atoms with Crippen molar-refractivity contribution >= 4 is 17.5 Å². The maximum absolute atomic E-state index is 13.1. The summed E-state index contributed by atoms with van der Waals surface area (Å²) < 4.78 is 26.2. The lowest BCUT2D eigenvalue weighted by Crippen LogP contribution is -2.35. The first-order chi connectivity index (χ1) is 12.0. The zero-order chi connectivity index (χ0) is 18.0. The first-order valence-electron chi connectivity index (χ1n) is 8.06. The minimum atomic E-state index is -0.509. The summed E-state index contributed by atoms with van der Waals surface area (Å²) in [7, 11) is 0. The van der Waals surface area contributed by atoms with E-state index >= 15 is 0 Å². The Morgan fingerprint density at radius 2 is 1.56 bits per heavy atom. The van der Waals surface area contributed by atoms with Crippen LogP contribution in [0.2, 0.25) is 0 Å². The Morgan fingerprint density at radius 1 is 1.00 bits per heavy atom. The van der Waals surface area contributed by atoms with Gasteiger partial charge in [0.25, 0.3) is 0 Å². The fraction of sp³-hybridized carbons (Fsp3) is 0.263. The SMILES string of the molecule is NC(=O)CCN(C(=O)[C@H]1C[C@@H]1c1ccc(F)cc1)c1ccc(F)cc1. The van der Waals surface area contributed by atoms with E-state index in [9.17, 15) is 18.4 Å². The molecule has 3 rings (SSSR count). The van der Waals surface area contributed by atoms with E-state index in [4.69, 9.17) is 5.73 Å². The molecule has 6 heteroatoms. The van der Waals surface area contributed by atoms with Crippen LogP contribution >= 0.6 is 0 Å². The molecule has 0 aromatic heterocycles. The molecule has 2 aromatic carbocycles. The van der Waals surface area contributed by atoms with Crippen molar-refractivity contribution in [3.63, 3.8) is 0 Å². The van der Waals surface area contributed by atoms with Gasteiger partial charge in [0, 0.05) is 24.6 Å². The van der Waals surface area contributed by atoms with Gasteiger partial charge < -0.3 is 10.6 Å². The number of benzene rings is 2. The molecule has 130 valence electrons. The number of carbonyl (C=O) groups excluding carboxylic acids is 2. The topological polar surface area (TPSA) is 63.4 Å². The number of nitrogens with zero attached hydrogens (tertiary/aromatic N) is 1. The average Bonchev–Trinajstić information content (AvgIpc) is 3.37. The maximum atomic E-state index is 13.1. The van der Waals surface area contributed by atoms with Crippen molar-refractivity contribution < 1.29 is 18.4 Å². The van der Waals surface area contributed by atoms with Crippen LogP contribution < -0.4 is 10.6 Å². The van der Waals surface area contributed by atoms with Gasteiger partial charge in [-0.2, -0.15) is 0 Å². The van der Waals surface area contributed by atoms with E-state index in [0.29, 0.717) is 12.1 Å². The Labute approximate surface area is 144 Å². The van der Waals surface area contributed by atoms with Gasteiger partial charge in [0.1, 0.15) is 11.6 Å². The van der Waals surface area contributed by atoms with E-state index < -0.39 is 11.7 Å². The van der Waals surface area contributed by atoms with Gasteiger partial charge in [-0.3, -0.25) is 9.59 Å². The Morgan fingerprint density at radius 3 is 2.12 bits per heavy atom. The van der Waals surface area contributed by atoms with Crippen LogP contribution in [0.5, 0.6) is 0 Å². The van der Waals surface area contributed by atoms with E-state index in [1.54, 1.807) is 12.1 Å². The van der Waals surface area contributed by atoms with Gasteiger partial charge in [-0.1, -0.05) is 12.1 Å². The molecule has 2 N–H and O–H groups in total. The monoisotopic (exact) mass is 344 g/mol. The zero-order valence-electron chi connectivity index (χ0n) is 13.5. The Hall–Kier alpha value is -2.76. The summed E-state index contributed by atoms with van der Waals surface area (Å²) in [5.74, 6) is -1.57. The molecule has 0 heterocycles. The van der Waals surface area contributed by atoms with Gasteiger partial charge >= 0.3 is 0 Å². The van der Waals surface area contributed by atoms with Crippen LogP contribution in [0.1, 0.15) is 24.3 Å². The quantitative estimate of drug-likeness (QED) is 0.876. The van der Waals surface area contributed by atoms with Gasteiger partial charge in [-0.25, -0.2) is 8.78 Å². The molecule has 4 nitrogen and oxygen atoms in total. The third-order valence-corrected chi connectivity index (χ3v) is 4.39. The van der Waals surface area contributed by atoms with E-state index in [2.05, 4.69) is 0 Å². The summed E-state index contributed by atoms with van der Waals surface area (Å²) >= 11 is 0. The van der Waals surface area contributed by atoms with Gasteiger partial charge in [-0.05, 0) is 54.3 Å². The predicted octanol–water partition coefficient (Wildman–Crippen LogP) is 2.98. The molecule has 1 aliphatic rings. The lowest BCUT2D eigenvalue weighted by Gasteiger charge is -2.22. The standard InChI is InChI=1S/C19H18F2N2O2/c20-13-3-1-12(2-4-13)16-11-17(16)19(25)23(10-9-18(22)24)15-7-5-14(21)6-8-15/h1-8,16-17H,9-11H2,(H2,22,24)/t16-,17+/m1/s1. The molecule has 0 saturated heterocycles. The van der Waals surface area contributed by atoms with Crippen LogP contribution in [0.25, 0.3) is 0 Å². The molecule has 25 heavy (non-hydrogen) atoms. The van der Waals surface area contributed by atoms with Crippen LogP contribution in [-0.2, 0) is 9.59 Å². The Balaban J connectivity index is 1.76. The summed E-state index contributed by atoms with van der Waals surface area (Å²) in [4.78, 5) is 25.4. The largest absolute Gasteiger partial charge is 0.370 e. The van der Waals surface area contributed by atoms with E-state index in [1.807, 2.05) is 0 Å². The van der Waals surface area contributed by atoms with Crippen molar-refractivity contribution in [2.45, 2.75) is 18.8 Å². The molecule has 2 amide bonds. The first kappa shape index (κ1) is 17.1. The summed E-state index contributed by atoms with van der Waals surface area (Å²) in [6.45, 7) is 0.145. The summed E-state index contributed by atoms with van der Waals surface area (Å²) in [5.41, 5.74) is 6.63. The molecular formula is C19H18F2N2O2. The van der Waals surface area contributed by atoms with Gasteiger partial charge in [0.05, 0.1) is 0 Å². The second-order valence-electron chi connectivity index (χ2n) is 6.18. The number of anilines is 1. The fourth-order valence-corrected chi connectivity index (χ4v) is 2.96. The number of halogens is 2.